The highest BCUT2D eigenvalue weighted by Gasteiger charge is 2.30. The van der Waals surface area contributed by atoms with Gasteiger partial charge in [-0.2, -0.15) is 13.2 Å². The topological polar surface area (TPSA) is 51.8 Å². The first-order valence-corrected chi connectivity index (χ1v) is 8.14. The van der Waals surface area contributed by atoms with Gasteiger partial charge in [-0.3, -0.25) is 4.98 Å². The van der Waals surface area contributed by atoms with Crippen LogP contribution in [0.4, 0.5) is 17.6 Å². The fourth-order valence-electron chi connectivity index (χ4n) is 2.63. The Morgan fingerprint density at radius 1 is 0.750 bits per heavy atom. The van der Waals surface area contributed by atoms with Crippen molar-refractivity contribution in [2.75, 3.05) is 0 Å². The summed E-state index contributed by atoms with van der Waals surface area (Å²) in [5.74, 6) is -0.0806. The normalized spacial score (nSPS) is 11.6. The van der Waals surface area contributed by atoms with Gasteiger partial charge >= 0.3 is 6.18 Å². The Morgan fingerprint density at radius 3 is 2.07 bits per heavy atom. The molecule has 2 heterocycles. The molecular formula is C20H11F4N3O. The van der Waals surface area contributed by atoms with Gasteiger partial charge in [0.1, 0.15) is 5.82 Å². The van der Waals surface area contributed by atoms with Gasteiger partial charge in [-0.15, -0.1) is 10.2 Å². The Balaban J connectivity index is 1.64. The monoisotopic (exact) mass is 385 g/mol. The Hall–Kier alpha value is -3.55. The van der Waals surface area contributed by atoms with Crippen LogP contribution in [-0.2, 0) is 6.18 Å². The molecule has 0 N–H and O–H groups in total. The molecule has 0 aliphatic heterocycles. The molecule has 28 heavy (non-hydrogen) atoms. The van der Waals surface area contributed by atoms with E-state index in [1.54, 1.807) is 18.2 Å². The fraction of sp³-hybridized carbons (Fsp3) is 0.0500. The third-order valence-corrected chi connectivity index (χ3v) is 4.01. The zero-order chi connectivity index (χ0) is 19.7. The molecule has 4 aromatic rings. The second kappa shape index (κ2) is 6.88. The summed E-state index contributed by atoms with van der Waals surface area (Å²) in [5.41, 5.74) is 1.22. The largest absolute Gasteiger partial charge is 0.416 e. The number of aromatic nitrogens is 3. The zero-order valence-corrected chi connectivity index (χ0v) is 14.1. The van der Waals surface area contributed by atoms with E-state index in [2.05, 4.69) is 15.2 Å². The minimum absolute atomic E-state index is 0.155. The zero-order valence-electron chi connectivity index (χ0n) is 14.1. The summed E-state index contributed by atoms with van der Waals surface area (Å²) in [7, 11) is 0. The van der Waals surface area contributed by atoms with Crippen molar-refractivity contribution < 1.29 is 22.0 Å². The van der Waals surface area contributed by atoms with Crippen LogP contribution in [-0.4, -0.2) is 15.2 Å². The molecule has 0 unspecified atom stereocenters. The molecule has 0 atom stereocenters. The van der Waals surface area contributed by atoms with Gasteiger partial charge in [0.25, 0.3) is 0 Å². The fourth-order valence-corrected chi connectivity index (χ4v) is 2.63. The Kier molecular flexibility index (Phi) is 4.38. The third kappa shape index (κ3) is 3.62. The summed E-state index contributed by atoms with van der Waals surface area (Å²) in [6.45, 7) is 0. The first-order valence-electron chi connectivity index (χ1n) is 8.14. The first-order chi connectivity index (χ1) is 13.4. The molecule has 0 bridgehead atoms. The lowest BCUT2D eigenvalue weighted by molar-refractivity contribution is -0.137. The molecule has 0 radical (unpaired) electrons. The van der Waals surface area contributed by atoms with Crippen molar-refractivity contribution in [3.8, 4) is 34.2 Å². The minimum atomic E-state index is -4.40. The molecule has 8 heteroatoms. The van der Waals surface area contributed by atoms with E-state index in [1.807, 2.05) is 0 Å². The van der Waals surface area contributed by atoms with Crippen molar-refractivity contribution in [3.63, 3.8) is 0 Å². The molecule has 0 spiro atoms. The predicted octanol–water partition coefficient (Wildman–Crippen LogP) is 5.62. The van der Waals surface area contributed by atoms with Crippen molar-refractivity contribution in [1.29, 1.82) is 0 Å². The van der Waals surface area contributed by atoms with Gasteiger partial charge in [-0.25, -0.2) is 4.39 Å². The molecule has 2 aromatic carbocycles. The van der Waals surface area contributed by atoms with E-state index in [0.717, 1.165) is 12.1 Å². The average Bonchev–Trinajstić information content (AvgIpc) is 3.18. The van der Waals surface area contributed by atoms with Gasteiger partial charge in [-0.05, 0) is 42.5 Å². The molecular weight excluding hydrogens is 374 g/mol. The predicted molar refractivity (Wildman–Crippen MR) is 93.4 cm³/mol. The van der Waals surface area contributed by atoms with Gasteiger partial charge in [0.05, 0.1) is 11.3 Å². The molecule has 140 valence electrons. The molecule has 0 saturated carbocycles. The molecule has 0 fully saturated rings. The van der Waals surface area contributed by atoms with Crippen LogP contribution >= 0.6 is 0 Å². The lowest BCUT2D eigenvalue weighted by Gasteiger charge is -2.07. The molecule has 2 aromatic heterocycles. The van der Waals surface area contributed by atoms with Crippen LogP contribution in [0.2, 0.25) is 0 Å². The number of nitrogens with zero attached hydrogens (tertiary/aromatic N) is 3. The smallest absolute Gasteiger partial charge is 0.416 e. The second-order valence-electron chi connectivity index (χ2n) is 5.93. The van der Waals surface area contributed by atoms with E-state index in [1.165, 1.54) is 36.5 Å². The van der Waals surface area contributed by atoms with E-state index >= 15 is 0 Å². The molecule has 0 amide bonds. The number of hydrogen-bond acceptors (Lipinski definition) is 4. The minimum Gasteiger partial charge on any atom is -0.416 e. The van der Waals surface area contributed by atoms with Crippen LogP contribution in [0, 0.1) is 5.82 Å². The van der Waals surface area contributed by atoms with Crippen LogP contribution in [0.5, 0.6) is 0 Å². The summed E-state index contributed by atoms with van der Waals surface area (Å²) >= 11 is 0. The maximum atomic E-state index is 13.4. The van der Waals surface area contributed by atoms with Gasteiger partial charge in [-0.1, -0.05) is 18.2 Å². The van der Waals surface area contributed by atoms with Crippen molar-refractivity contribution in [2.24, 2.45) is 0 Å². The Labute approximate surface area is 156 Å². The maximum Gasteiger partial charge on any atom is 0.416 e. The second-order valence-corrected chi connectivity index (χ2v) is 5.93. The van der Waals surface area contributed by atoms with Crippen LogP contribution in [0.3, 0.4) is 0 Å². The first kappa shape index (κ1) is 17.8. The third-order valence-electron chi connectivity index (χ3n) is 4.01. The van der Waals surface area contributed by atoms with Crippen molar-refractivity contribution in [2.45, 2.75) is 6.18 Å². The summed E-state index contributed by atoms with van der Waals surface area (Å²) in [4.78, 5) is 4.18. The lowest BCUT2D eigenvalue weighted by atomic mass is 10.1. The lowest BCUT2D eigenvalue weighted by Crippen LogP contribution is -2.04. The quantitative estimate of drug-likeness (QED) is 0.429. The number of alkyl halides is 3. The molecule has 4 nitrogen and oxygen atoms in total. The maximum absolute atomic E-state index is 13.4. The number of pyridine rings is 1. The summed E-state index contributed by atoms with van der Waals surface area (Å²) < 4.78 is 57.1. The Bertz CT molecular complexity index is 1120. The van der Waals surface area contributed by atoms with Crippen LogP contribution < -0.4 is 0 Å². The van der Waals surface area contributed by atoms with Crippen molar-refractivity contribution in [3.05, 3.63) is 78.2 Å². The standard InChI is InChI=1S/C20H11F4N3O/c21-16-3-1-2-13(10-16)18-26-27-19(28-18)14-8-9-25-17(11-14)12-4-6-15(7-5-12)20(22,23)24/h1-11H. The number of benzene rings is 2. The van der Waals surface area contributed by atoms with E-state index in [-0.39, 0.29) is 11.8 Å². The van der Waals surface area contributed by atoms with E-state index < -0.39 is 17.6 Å². The van der Waals surface area contributed by atoms with Gasteiger partial charge in [0, 0.05) is 22.9 Å². The van der Waals surface area contributed by atoms with Crippen LogP contribution in [0.15, 0.2) is 71.3 Å². The number of hydrogen-bond donors (Lipinski definition) is 0. The summed E-state index contributed by atoms with van der Waals surface area (Å²) in [6.07, 6.45) is -2.90. The van der Waals surface area contributed by atoms with E-state index in [0.29, 0.717) is 22.4 Å². The Morgan fingerprint density at radius 2 is 1.43 bits per heavy atom. The highest BCUT2D eigenvalue weighted by Crippen LogP contribution is 2.31. The highest BCUT2D eigenvalue weighted by molar-refractivity contribution is 5.67. The van der Waals surface area contributed by atoms with E-state index in [4.69, 9.17) is 4.42 Å². The molecule has 4 rings (SSSR count). The van der Waals surface area contributed by atoms with E-state index in [9.17, 15) is 17.6 Å². The summed E-state index contributed by atoms with van der Waals surface area (Å²) in [5, 5.41) is 7.87. The summed E-state index contributed by atoms with van der Waals surface area (Å²) in [6, 6.07) is 13.7. The molecule has 0 aliphatic rings. The van der Waals surface area contributed by atoms with Gasteiger partial charge in [0.2, 0.25) is 11.8 Å². The number of halogens is 4. The highest BCUT2D eigenvalue weighted by atomic mass is 19.4. The molecule has 0 aliphatic carbocycles. The van der Waals surface area contributed by atoms with Crippen molar-refractivity contribution >= 4 is 0 Å². The van der Waals surface area contributed by atoms with Crippen molar-refractivity contribution in [1.82, 2.24) is 15.2 Å². The van der Waals surface area contributed by atoms with Gasteiger partial charge < -0.3 is 4.42 Å². The van der Waals surface area contributed by atoms with Crippen LogP contribution in [0.25, 0.3) is 34.2 Å². The SMILES string of the molecule is Fc1cccc(-c2nnc(-c3ccnc(-c4ccc(C(F)(F)F)cc4)c3)o2)c1. The molecule has 0 saturated heterocycles. The van der Waals surface area contributed by atoms with Gasteiger partial charge in [0.15, 0.2) is 0 Å². The number of rotatable bonds is 3. The van der Waals surface area contributed by atoms with Crippen LogP contribution in [0.1, 0.15) is 5.56 Å². The average molecular weight is 385 g/mol.